The second-order valence-electron chi connectivity index (χ2n) is 1.20. The second kappa shape index (κ2) is 22.7. The van der Waals surface area contributed by atoms with E-state index < -0.39 is 11.9 Å². The Hall–Kier alpha value is 0.103. The SMILES string of the molecule is O.O.O=C([OH2+])C[SH2+].O=C([OH2+])C[SH2+].[Ge]. The summed E-state index contributed by atoms with van der Waals surface area (Å²) in [6.07, 6.45) is 0. The normalized spacial score (nSPS) is 5.69. The fourth-order valence-corrected chi connectivity index (χ4v) is 0. The summed E-state index contributed by atoms with van der Waals surface area (Å²) >= 11 is 5.64. The van der Waals surface area contributed by atoms with Gasteiger partial charge in [-0.25, -0.2) is 0 Å². The van der Waals surface area contributed by atoms with Crippen molar-refractivity contribution < 1.29 is 30.8 Å². The largest absolute Gasteiger partial charge is 0.565 e. The van der Waals surface area contributed by atoms with Crippen LogP contribution in [0.2, 0.25) is 0 Å². The molecule has 0 amide bonds. The van der Waals surface area contributed by atoms with Crippen LogP contribution in [0, 0.1) is 0 Å². The maximum absolute atomic E-state index is 9.43. The van der Waals surface area contributed by atoms with Crippen molar-refractivity contribution in [2.75, 3.05) is 11.5 Å². The van der Waals surface area contributed by atoms with Crippen LogP contribution >= 0.6 is 0 Å². The molecule has 13 heavy (non-hydrogen) atoms. The molecule has 0 unspecified atom stereocenters. The van der Waals surface area contributed by atoms with Crippen LogP contribution in [-0.4, -0.2) is 62.2 Å². The van der Waals surface area contributed by atoms with E-state index in [1.807, 2.05) is 0 Å². The van der Waals surface area contributed by atoms with Crippen LogP contribution in [-0.2, 0) is 34.8 Å². The van der Waals surface area contributed by atoms with E-state index in [1.54, 1.807) is 0 Å². The third kappa shape index (κ3) is 73.4. The Morgan fingerprint density at radius 1 is 0.923 bits per heavy atom. The second-order valence-corrected chi connectivity index (χ2v) is 1.91. The van der Waals surface area contributed by atoms with Gasteiger partial charge >= 0.3 is 11.9 Å². The molecular weight excluding hydrogens is 281 g/mol. The van der Waals surface area contributed by atoms with Crippen LogP contribution in [0.1, 0.15) is 0 Å². The molecule has 0 aromatic heterocycles. The van der Waals surface area contributed by atoms with Crippen molar-refractivity contribution in [1.82, 2.24) is 0 Å². The smallest absolute Gasteiger partial charge is 0.561 e. The molecule has 0 spiro atoms. The standard InChI is InChI=1S/2C2H4O2S.Ge.2H2O/c2*3-2(4)1-5;;;/h2*5H,1H2,(H,3,4);;2*1H2/p+4. The zero-order valence-electron chi connectivity index (χ0n) is 6.73. The molecule has 6 nitrogen and oxygen atoms in total. The summed E-state index contributed by atoms with van der Waals surface area (Å²) < 4.78 is 0. The maximum atomic E-state index is 9.43. The topological polar surface area (TPSA) is 143 Å². The molecule has 4 radical (unpaired) electrons. The molecule has 0 aliphatic heterocycles. The Labute approximate surface area is 97.1 Å². The Morgan fingerprint density at radius 3 is 1.00 bits per heavy atom. The van der Waals surface area contributed by atoms with Gasteiger partial charge in [0.2, 0.25) is 0 Å². The van der Waals surface area contributed by atoms with Crippen molar-refractivity contribution in [1.29, 1.82) is 0 Å². The number of carbonyl (C=O) groups is 2. The molecule has 0 aromatic rings. The fourth-order valence-electron chi connectivity index (χ4n) is 0. The number of hydrogen-bond donors (Lipinski definition) is 0. The van der Waals surface area contributed by atoms with E-state index in [0.717, 1.165) is 0 Å². The molecule has 0 aliphatic carbocycles. The molecular formula is C4H16GeO6S2+4. The molecule has 0 aliphatic rings. The monoisotopic (exact) mass is 298 g/mol. The van der Waals surface area contributed by atoms with Crippen molar-refractivity contribution in [2.24, 2.45) is 0 Å². The summed E-state index contributed by atoms with van der Waals surface area (Å²) in [6, 6.07) is 0. The van der Waals surface area contributed by atoms with Crippen molar-refractivity contribution in [3.05, 3.63) is 0 Å². The Balaban J connectivity index is -0.0000000267. The zero-order valence-corrected chi connectivity index (χ0v) is 10.8. The minimum Gasteiger partial charge on any atom is -0.561 e. The van der Waals surface area contributed by atoms with Gasteiger partial charge in [0.25, 0.3) is 11.5 Å². The van der Waals surface area contributed by atoms with Gasteiger partial charge < -0.3 is 21.2 Å². The first-order valence-electron chi connectivity index (χ1n) is 2.32. The third-order valence-corrected chi connectivity index (χ3v) is 0.963. The van der Waals surface area contributed by atoms with E-state index in [4.69, 9.17) is 10.2 Å². The average molecular weight is 297 g/mol. The Kier molecular flexibility index (Phi) is 51.1. The van der Waals surface area contributed by atoms with E-state index in [-0.39, 0.29) is 40.1 Å². The van der Waals surface area contributed by atoms with Crippen molar-refractivity contribution in [3.8, 4) is 0 Å². The summed E-state index contributed by atoms with van der Waals surface area (Å²) in [5, 5.41) is 12.3. The van der Waals surface area contributed by atoms with Gasteiger partial charge in [-0.3, -0.25) is 0 Å². The minimum atomic E-state index is -0.582. The van der Waals surface area contributed by atoms with Crippen LogP contribution in [0.25, 0.3) is 0 Å². The Bertz CT molecular complexity index is 107. The summed E-state index contributed by atoms with van der Waals surface area (Å²) in [7, 11) is 0. The first kappa shape index (κ1) is 29.2. The van der Waals surface area contributed by atoms with Crippen LogP contribution in [0.4, 0.5) is 0 Å². The van der Waals surface area contributed by atoms with Crippen LogP contribution in [0.15, 0.2) is 0 Å². The van der Waals surface area contributed by atoms with Gasteiger partial charge in [0.15, 0.2) is 0 Å². The summed E-state index contributed by atoms with van der Waals surface area (Å²) in [4.78, 5) is 18.9. The quantitative estimate of drug-likeness (QED) is 0.370. The summed E-state index contributed by atoms with van der Waals surface area (Å²) in [6.45, 7) is 0. The zero-order chi connectivity index (χ0) is 8.57. The van der Waals surface area contributed by atoms with Crippen molar-refractivity contribution in [3.63, 3.8) is 0 Å². The molecule has 0 fully saturated rings. The van der Waals surface area contributed by atoms with Crippen molar-refractivity contribution >= 4 is 54.8 Å². The van der Waals surface area contributed by atoms with Gasteiger partial charge in [-0.1, -0.05) is 0 Å². The first-order valence-corrected chi connectivity index (χ1v) is 3.74. The van der Waals surface area contributed by atoms with Gasteiger partial charge in [-0.15, -0.1) is 0 Å². The average Bonchev–Trinajstić information content (AvgIpc) is 1.89. The van der Waals surface area contributed by atoms with E-state index in [2.05, 4.69) is 25.3 Å². The summed E-state index contributed by atoms with van der Waals surface area (Å²) in [5.74, 6) is -0.886. The van der Waals surface area contributed by atoms with Gasteiger partial charge in [-0.2, -0.15) is 0 Å². The van der Waals surface area contributed by atoms with Gasteiger partial charge in [0.05, 0.1) is 0 Å². The maximum Gasteiger partial charge on any atom is 0.565 e. The number of hydrogen-bond acceptors (Lipinski definition) is 2. The van der Waals surface area contributed by atoms with Crippen LogP contribution in [0.5, 0.6) is 0 Å². The molecule has 80 valence electrons. The van der Waals surface area contributed by atoms with Crippen molar-refractivity contribution in [2.45, 2.75) is 0 Å². The number of carbonyl (C=O) groups excluding carboxylic acids is 2. The molecule has 0 saturated heterocycles. The molecule has 0 aromatic carbocycles. The molecule has 0 atom stereocenters. The first-order chi connectivity index (χ1) is 4.54. The fraction of sp³-hybridized carbons (Fsp3) is 0.500. The van der Waals surface area contributed by atoms with Gasteiger partial charge in [0, 0.05) is 27.2 Å². The van der Waals surface area contributed by atoms with E-state index in [9.17, 15) is 9.59 Å². The van der Waals surface area contributed by atoms with E-state index in [0.29, 0.717) is 0 Å². The summed E-state index contributed by atoms with van der Waals surface area (Å²) in [5.41, 5.74) is 0. The molecule has 9 heteroatoms. The van der Waals surface area contributed by atoms with E-state index in [1.165, 1.54) is 0 Å². The third-order valence-electron chi connectivity index (χ3n) is 0.321. The molecule has 0 rings (SSSR count). The Morgan fingerprint density at radius 2 is 1.00 bits per heavy atom. The molecule has 0 heterocycles. The predicted octanol–water partition coefficient (Wildman–Crippen LogP) is -5.53. The number of rotatable bonds is 2. The molecule has 0 bridgehead atoms. The molecule has 8 N–H and O–H groups in total. The van der Waals surface area contributed by atoms with Gasteiger partial charge in [0.1, 0.15) is 0 Å². The van der Waals surface area contributed by atoms with E-state index >= 15 is 0 Å². The minimum absolute atomic E-state index is 0. The predicted molar refractivity (Wildman–Crippen MR) is 60.3 cm³/mol. The van der Waals surface area contributed by atoms with Gasteiger partial charge in [-0.05, 0) is 25.3 Å². The van der Waals surface area contributed by atoms with Crippen LogP contribution in [0.3, 0.4) is 0 Å². The molecule has 0 saturated carbocycles. The van der Waals surface area contributed by atoms with Crippen LogP contribution < -0.4 is 0 Å².